The molecular formula is C92H72ClNO20. The van der Waals surface area contributed by atoms with Crippen LogP contribution in [0.1, 0.15) is 143 Å². The van der Waals surface area contributed by atoms with Gasteiger partial charge in [0, 0.05) is 77.8 Å². The molecule has 21 nitrogen and oxygen atoms in total. The lowest BCUT2D eigenvalue weighted by Gasteiger charge is -2.46. The molecule has 6 aliphatic carbocycles. The molecule has 10 aromatic rings. The van der Waals surface area contributed by atoms with E-state index < -0.39 is 143 Å². The van der Waals surface area contributed by atoms with E-state index in [9.17, 15) is 9.59 Å². The van der Waals surface area contributed by atoms with Gasteiger partial charge in [-0.3, -0.25) is 14.4 Å². The highest BCUT2D eigenvalue weighted by Gasteiger charge is 2.56. The van der Waals surface area contributed by atoms with Crippen molar-refractivity contribution >= 4 is 59.0 Å². The molecule has 1 fully saturated rings. The Morgan fingerprint density at radius 1 is 0.482 bits per heavy atom. The number of hydrogen-bond acceptors (Lipinski definition) is 21. The molecule has 0 aromatic heterocycles. The molecule has 6 unspecified atom stereocenters. The van der Waals surface area contributed by atoms with Crippen LogP contribution < -0.4 is 14.2 Å². The van der Waals surface area contributed by atoms with E-state index in [-0.39, 0.29) is 66.8 Å². The van der Waals surface area contributed by atoms with Gasteiger partial charge < -0.3 is 61.7 Å². The Morgan fingerprint density at radius 3 is 1.32 bits per heavy atom. The topological polar surface area (TPSA) is 251 Å². The zero-order valence-electron chi connectivity index (χ0n) is 61.6. The summed E-state index contributed by atoms with van der Waals surface area (Å²) in [5.74, 6) is -6.42. The molecule has 0 bridgehead atoms. The van der Waals surface area contributed by atoms with E-state index in [1.807, 2.05) is 211 Å². The predicted octanol–water partition coefficient (Wildman–Crippen LogP) is 17.8. The second-order valence-electron chi connectivity index (χ2n) is 29.3. The van der Waals surface area contributed by atoms with Gasteiger partial charge in [-0.1, -0.05) is 212 Å². The minimum Gasteiger partial charge on any atom is -0.496 e. The van der Waals surface area contributed by atoms with Crippen molar-refractivity contribution in [3.05, 3.63) is 302 Å². The maximum Gasteiger partial charge on any atom is 0.513 e. The zero-order chi connectivity index (χ0) is 78.0. The average molecular weight is 1550 g/mol. The van der Waals surface area contributed by atoms with E-state index in [0.29, 0.717) is 13.0 Å². The van der Waals surface area contributed by atoms with Crippen molar-refractivity contribution in [2.45, 2.75) is 92.5 Å². The van der Waals surface area contributed by atoms with Crippen LogP contribution in [0.3, 0.4) is 0 Å². The number of methoxy groups -OCH3 is 1. The summed E-state index contributed by atoms with van der Waals surface area (Å²) in [7, 11) is 1.30. The molecule has 0 spiro atoms. The summed E-state index contributed by atoms with van der Waals surface area (Å²) in [4.78, 5) is 124. The Balaban J connectivity index is 0.771. The average Bonchev–Trinajstić information content (AvgIpc) is 1.30. The van der Waals surface area contributed by atoms with Crippen LogP contribution in [-0.2, 0) is 53.8 Å². The van der Waals surface area contributed by atoms with Gasteiger partial charge >= 0.3 is 30.0 Å². The number of Topliss-reactive ketones (excluding diaryl/α,β-unsaturated/α-hetero) is 1. The number of fused-ring (bicyclic) bond motifs is 15. The highest BCUT2D eigenvalue weighted by atomic mass is 35.5. The van der Waals surface area contributed by atoms with E-state index in [2.05, 4.69) is 0 Å². The Morgan fingerprint density at radius 2 is 0.895 bits per heavy atom. The van der Waals surface area contributed by atoms with Crippen LogP contribution in [0, 0.1) is 0 Å². The Kier molecular flexibility index (Phi) is 19.2. The number of halogens is 1. The van der Waals surface area contributed by atoms with Crippen molar-refractivity contribution in [2.75, 3.05) is 46.7 Å². The number of benzene rings is 10. The quantitative estimate of drug-likeness (QED) is 0.0316. The summed E-state index contributed by atoms with van der Waals surface area (Å²) >= 11 is 5.89. The minimum atomic E-state index is -2.70. The predicted molar refractivity (Wildman–Crippen MR) is 414 cm³/mol. The minimum absolute atomic E-state index is 0.0534. The van der Waals surface area contributed by atoms with Gasteiger partial charge in [-0.2, -0.15) is 0 Å². The first-order chi connectivity index (χ1) is 55.6. The lowest BCUT2D eigenvalue weighted by Crippen LogP contribution is -2.56. The Hall–Kier alpha value is -12.7. The third-order valence-electron chi connectivity index (χ3n) is 23.3. The van der Waals surface area contributed by atoms with Gasteiger partial charge in [0.25, 0.3) is 0 Å². The molecule has 572 valence electrons. The molecule has 6 atom stereocenters. The van der Waals surface area contributed by atoms with Crippen molar-refractivity contribution in [2.24, 2.45) is 0 Å². The molecule has 0 radical (unpaired) electrons. The molecule has 0 N–H and O–H groups in total. The van der Waals surface area contributed by atoms with E-state index in [1.165, 1.54) is 25.3 Å². The van der Waals surface area contributed by atoms with Crippen molar-refractivity contribution < 1.29 is 95.2 Å². The molecule has 22 heteroatoms. The van der Waals surface area contributed by atoms with Gasteiger partial charge in [0.15, 0.2) is 36.1 Å². The standard InChI is InChI=1S/C92H72ClNO20/c1-50-84(111-88(99)105-45-69-59-30-11-3-22-51(59)52-23-4-12-31-60(52)69)73(94-40-19-20-41-94)42-77(109-50)110-75-44-92(76(95)49-104-87(93)98,114-91(102)108-48-72-65-36-17-9-28-57(65)58-29-10-18-37-66(58)72)43-68-79(75)86(113-90(101)107-47-71-63-34-15-7-26-55(63)56-27-8-16-35-64(56)71)81-80(82(96)67-38-21-39-74(103-2)78(67)83(81)97)85(68)112-89(100)106-46-70-61-32-13-5-24-53(61)54-25-6-14-33-62(54)70/h3-19,21-40,50,69-73,75,77,84H,20,41-49H2,1-2H3. The van der Waals surface area contributed by atoms with Crippen molar-refractivity contribution in [3.8, 4) is 61.8 Å². The van der Waals surface area contributed by atoms with E-state index in [4.69, 9.17) is 68.4 Å². The molecule has 8 aliphatic rings. The molecule has 2 aliphatic heterocycles. The van der Waals surface area contributed by atoms with Crippen LogP contribution in [0.25, 0.3) is 44.5 Å². The highest BCUT2D eigenvalue weighted by Crippen LogP contribution is 2.57. The Bertz CT molecular complexity index is 5490. The summed E-state index contributed by atoms with van der Waals surface area (Å²) in [6.07, 6.45) is -8.10. The maximum absolute atomic E-state index is 16.3. The van der Waals surface area contributed by atoms with Gasteiger partial charge in [0.2, 0.25) is 11.6 Å². The zero-order valence-corrected chi connectivity index (χ0v) is 62.4. The number of carbonyl (C=O) groups is 8. The fourth-order valence-corrected chi connectivity index (χ4v) is 18.3. The number of ketones is 3. The second kappa shape index (κ2) is 30.1. The first kappa shape index (κ1) is 72.8. The highest BCUT2D eigenvalue weighted by molar-refractivity contribution is 6.61. The lowest BCUT2D eigenvalue weighted by atomic mass is 9.71. The van der Waals surface area contributed by atoms with Crippen LogP contribution >= 0.6 is 11.6 Å². The third-order valence-corrected chi connectivity index (χ3v) is 23.4. The first-order valence-electron chi connectivity index (χ1n) is 37.8. The van der Waals surface area contributed by atoms with Crippen LogP contribution in [0.15, 0.2) is 225 Å². The number of nitrogens with zero attached hydrogens (tertiary/aromatic N) is 1. The molecule has 114 heavy (non-hydrogen) atoms. The van der Waals surface area contributed by atoms with Gasteiger partial charge in [-0.05, 0) is 115 Å². The molecule has 18 rings (SSSR count). The number of rotatable bonds is 19. The largest absolute Gasteiger partial charge is 0.513 e. The summed E-state index contributed by atoms with van der Waals surface area (Å²) in [5.41, 5.74) is 7.92. The van der Waals surface area contributed by atoms with Crippen LogP contribution in [-0.4, -0.2) is 129 Å². The number of carbonyl (C=O) groups excluding carboxylic acids is 8. The summed E-state index contributed by atoms with van der Waals surface area (Å²) < 4.78 is 75.8. The molecule has 2 heterocycles. The maximum atomic E-state index is 16.3. The van der Waals surface area contributed by atoms with Crippen LogP contribution in [0.4, 0.5) is 24.0 Å². The second-order valence-corrected chi connectivity index (χ2v) is 29.6. The van der Waals surface area contributed by atoms with Gasteiger partial charge in [0.05, 0.1) is 42.0 Å². The summed E-state index contributed by atoms with van der Waals surface area (Å²) in [6, 6.07) is 65.3. The summed E-state index contributed by atoms with van der Waals surface area (Å²) in [5, 5.41) is 0. The smallest absolute Gasteiger partial charge is 0.496 e. The van der Waals surface area contributed by atoms with E-state index in [1.54, 1.807) is 6.92 Å². The molecule has 0 amide bonds. The molecule has 0 saturated carbocycles. The lowest BCUT2D eigenvalue weighted by molar-refractivity contribution is -0.257. The number of hydrogen-bond donors (Lipinski definition) is 0. The normalized spacial score (nSPS) is 19.7. The molecule has 10 aromatic carbocycles. The van der Waals surface area contributed by atoms with Crippen LogP contribution in [0.2, 0.25) is 0 Å². The fourth-order valence-electron chi connectivity index (χ4n) is 18.3. The van der Waals surface area contributed by atoms with Crippen LogP contribution in [0.5, 0.6) is 17.2 Å². The SMILES string of the molecule is COc1cccc2c1C(=O)c1c(OC(=O)OCC3c4ccccc4-c4ccccc43)c3c(c(OC(=O)OCC4c5ccccc5-c5ccccc54)c1C2=O)CC(OC(=O)OCC1c2ccccc2-c2ccccc21)(C(=O)COC(=O)Cl)CC3OC1CC(N2C=CCC2)C(OC(=O)OCC2c3ccccc3-c3ccccc32)C(C)O1. The Labute approximate surface area is 659 Å². The third kappa shape index (κ3) is 12.9. The first-order valence-corrected chi connectivity index (χ1v) is 38.2. The van der Waals surface area contributed by atoms with Gasteiger partial charge in [0.1, 0.15) is 37.9 Å². The summed E-state index contributed by atoms with van der Waals surface area (Å²) in [6.45, 7) is -0.0659. The fraction of sp³-hybridized carbons (Fsp3) is 0.239. The van der Waals surface area contributed by atoms with Gasteiger partial charge in [-0.15, -0.1) is 0 Å². The van der Waals surface area contributed by atoms with Gasteiger partial charge in [-0.25, -0.2) is 24.0 Å². The van der Waals surface area contributed by atoms with E-state index in [0.717, 1.165) is 89.0 Å². The molecule has 1 saturated heterocycles. The van der Waals surface area contributed by atoms with Crippen molar-refractivity contribution in [1.82, 2.24) is 4.90 Å². The van der Waals surface area contributed by atoms with Crippen molar-refractivity contribution in [3.63, 3.8) is 0 Å². The number of ether oxygens (including phenoxy) is 12. The monoisotopic (exact) mass is 1550 g/mol. The van der Waals surface area contributed by atoms with Crippen molar-refractivity contribution in [1.29, 1.82) is 0 Å². The van der Waals surface area contributed by atoms with E-state index >= 15 is 28.8 Å². The molecular weight excluding hydrogens is 1470 g/mol.